The standard InChI is InChI=1S/C35H42FNO2/c1-24-4-8-30(29-9-10-29)21-34(24)26(3)33(31-11-15-35(38)25(2)20-31)14-7-27-5-12-32(13-6-27)39-19-18-37-17-16-28(22-36)23-37/h4-6,8,11-13,15,20-21,28-29,38H,7,9-10,14,16-19,22-23H2,1-3H3/b33-26+/t28-/m0/s1. The fourth-order valence-electron chi connectivity index (χ4n) is 5.82. The van der Waals surface area contributed by atoms with Crippen molar-refractivity contribution in [2.24, 2.45) is 5.92 Å². The summed E-state index contributed by atoms with van der Waals surface area (Å²) in [5.41, 5.74) is 10.1. The van der Waals surface area contributed by atoms with Crippen LogP contribution in [0.2, 0.25) is 0 Å². The molecule has 0 spiro atoms. The SMILES string of the molecule is C/C(=C(/CCc1ccc(OCCN2CC[C@@H](CF)C2)cc1)c1ccc(O)c(C)c1)c1cc(C2CC2)ccc1C. The van der Waals surface area contributed by atoms with Gasteiger partial charge >= 0.3 is 0 Å². The minimum atomic E-state index is -0.214. The molecule has 206 valence electrons. The van der Waals surface area contributed by atoms with Gasteiger partial charge in [0.05, 0.1) is 6.67 Å². The zero-order valence-electron chi connectivity index (χ0n) is 23.7. The molecule has 1 aliphatic carbocycles. The van der Waals surface area contributed by atoms with Gasteiger partial charge < -0.3 is 9.84 Å². The number of nitrogens with zero attached hydrogens (tertiary/aromatic N) is 1. The number of halogens is 1. The maximum absolute atomic E-state index is 12.9. The van der Waals surface area contributed by atoms with E-state index in [1.165, 1.54) is 51.8 Å². The molecule has 0 amide bonds. The largest absolute Gasteiger partial charge is 0.508 e. The zero-order chi connectivity index (χ0) is 27.4. The lowest BCUT2D eigenvalue weighted by Crippen LogP contribution is -2.26. The van der Waals surface area contributed by atoms with Crippen molar-refractivity contribution in [3.8, 4) is 11.5 Å². The predicted octanol–water partition coefficient (Wildman–Crippen LogP) is 8.12. The normalized spacial score (nSPS) is 18.3. The van der Waals surface area contributed by atoms with Gasteiger partial charge in [0.25, 0.3) is 0 Å². The van der Waals surface area contributed by atoms with Crippen LogP contribution < -0.4 is 4.74 Å². The first-order valence-corrected chi connectivity index (χ1v) is 14.5. The molecule has 0 unspecified atom stereocenters. The van der Waals surface area contributed by atoms with E-state index >= 15 is 0 Å². The number of benzene rings is 3. The van der Waals surface area contributed by atoms with Crippen LogP contribution in [0.15, 0.2) is 60.7 Å². The van der Waals surface area contributed by atoms with E-state index in [1.54, 1.807) is 0 Å². The number of likely N-dealkylation sites (tertiary alicyclic amines) is 1. The number of phenols is 1. The summed E-state index contributed by atoms with van der Waals surface area (Å²) in [6.45, 7) is 9.50. The molecule has 2 aliphatic rings. The van der Waals surface area contributed by atoms with E-state index in [4.69, 9.17) is 4.74 Å². The van der Waals surface area contributed by atoms with Crippen molar-refractivity contribution in [1.82, 2.24) is 4.90 Å². The van der Waals surface area contributed by atoms with Crippen molar-refractivity contribution in [1.29, 1.82) is 0 Å². The number of hydrogen-bond acceptors (Lipinski definition) is 3. The van der Waals surface area contributed by atoms with Crippen LogP contribution in [0.5, 0.6) is 11.5 Å². The smallest absolute Gasteiger partial charge is 0.119 e. The van der Waals surface area contributed by atoms with Crippen LogP contribution in [-0.4, -0.2) is 42.9 Å². The lowest BCUT2D eigenvalue weighted by atomic mass is 9.88. The van der Waals surface area contributed by atoms with Gasteiger partial charge in [0, 0.05) is 19.0 Å². The fourth-order valence-corrected chi connectivity index (χ4v) is 5.82. The van der Waals surface area contributed by atoms with Crippen LogP contribution in [0, 0.1) is 19.8 Å². The molecule has 39 heavy (non-hydrogen) atoms. The summed E-state index contributed by atoms with van der Waals surface area (Å²) in [5, 5.41) is 10.2. The molecule has 0 bridgehead atoms. The molecule has 0 radical (unpaired) electrons. The molecule has 3 nitrogen and oxygen atoms in total. The number of phenolic OH excluding ortho intramolecular Hbond substituents is 1. The highest BCUT2D eigenvalue weighted by molar-refractivity contribution is 5.91. The Balaban J connectivity index is 1.29. The van der Waals surface area contributed by atoms with E-state index in [2.05, 4.69) is 67.3 Å². The van der Waals surface area contributed by atoms with Crippen molar-refractivity contribution < 1.29 is 14.2 Å². The average molecular weight is 528 g/mol. The molecule has 4 heteroatoms. The van der Waals surface area contributed by atoms with E-state index in [1.807, 2.05) is 19.1 Å². The third-order valence-corrected chi connectivity index (χ3v) is 8.56. The minimum absolute atomic E-state index is 0.198. The molecule has 1 saturated carbocycles. The Morgan fingerprint density at radius 3 is 2.46 bits per heavy atom. The summed E-state index contributed by atoms with van der Waals surface area (Å²) in [7, 11) is 0. The third kappa shape index (κ3) is 6.91. The highest BCUT2D eigenvalue weighted by atomic mass is 19.1. The maximum atomic E-state index is 12.9. The van der Waals surface area contributed by atoms with Crippen LogP contribution in [0.25, 0.3) is 11.1 Å². The predicted molar refractivity (Wildman–Crippen MR) is 159 cm³/mol. The van der Waals surface area contributed by atoms with Crippen LogP contribution >= 0.6 is 0 Å². The second-order valence-corrected chi connectivity index (χ2v) is 11.6. The van der Waals surface area contributed by atoms with Gasteiger partial charge in [-0.25, -0.2) is 0 Å². The molecule has 1 aliphatic heterocycles. The van der Waals surface area contributed by atoms with E-state index in [0.29, 0.717) is 12.4 Å². The summed E-state index contributed by atoms with van der Waals surface area (Å²) in [4.78, 5) is 2.29. The molecular formula is C35H42FNO2. The molecule has 1 heterocycles. The van der Waals surface area contributed by atoms with Crippen molar-refractivity contribution in [2.75, 3.05) is 32.9 Å². The lowest BCUT2D eigenvalue weighted by Gasteiger charge is -2.18. The Morgan fingerprint density at radius 1 is 0.974 bits per heavy atom. The summed E-state index contributed by atoms with van der Waals surface area (Å²) in [6, 6.07) is 21.4. The van der Waals surface area contributed by atoms with Crippen LogP contribution in [0.3, 0.4) is 0 Å². The van der Waals surface area contributed by atoms with Crippen LogP contribution in [0.1, 0.15) is 71.9 Å². The molecule has 2 fully saturated rings. The first-order valence-electron chi connectivity index (χ1n) is 14.5. The molecule has 5 rings (SSSR count). The summed E-state index contributed by atoms with van der Waals surface area (Å²) in [5.74, 6) is 2.14. The van der Waals surface area contributed by atoms with Crippen LogP contribution in [0.4, 0.5) is 4.39 Å². The Morgan fingerprint density at radius 2 is 1.77 bits per heavy atom. The first kappa shape index (κ1) is 27.5. The van der Waals surface area contributed by atoms with E-state index in [0.717, 1.165) is 56.1 Å². The van der Waals surface area contributed by atoms with E-state index < -0.39 is 0 Å². The Bertz CT molecular complexity index is 1310. The van der Waals surface area contributed by atoms with Crippen molar-refractivity contribution in [3.63, 3.8) is 0 Å². The number of hydrogen-bond donors (Lipinski definition) is 1. The third-order valence-electron chi connectivity index (χ3n) is 8.56. The molecule has 3 aromatic carbocycles. The van der Waals surface area contributed by atoms with Crippen molar-refractivity contribution in [3.05, 3.63) is 94.0 Å². The number of aromatic hydroxyl groups is 1. The van der Waals surface area contributed by atoms with Crippen molar-refractivity contribution >= 4 is 11.1 Å². The quantitative estimate of drug-likeness (QED) is 0.256. The zero-order valence-corrected chi connectivity index (χ0v) is 23.7. The van der Waals surface area contributed by atoms with Gasteiger partial charge in [-0.15, -0.1) is 0 Å². The number of rotatable bonds is 11. The molecule has 1 saturated heterocycles. The molecule has 1 N–H and O–H groups in total. The highest BCUT2D eigenvalue weighted by Gasteiger charge is 2.24. The summed E-state index contributed by atoms with van der Waals surface area (Å²) in [6.07, 6.45) is 5.39. The first-order chi connectivity index (χ1) is 18.9. The van der Waals surface area contributed by atoms with Gasteiger partial charge in [-0.2, -0.15) is 0 Å². The second kappa shape index (κ2) is 12.4. The topological polar surface area (TPSA) is 32.7 Å². The van der Waals surface area contributed by atoms with Gasteiger partial charge in [-0.05, 0) is 134 Å². The molecule has 0 aromatic heterocycles. The summed E-state index contributed by atoms with van der Waals surface area (Å²) < 4.78 is 18.9. The number of allylic oxidation sites excluding steroid dienone is 2. The van der Waals surface area contributed by atoms with E-state index in [-0.39, 0.29) is 12.6 Å². The monoisotopic (exact) mass is 527 g/mol. The fraction of sp³-hybridized carbons (Fsp3) is 0.429. The minimum Gasteiger partial charge on any atom is -0.508 e. The number of ether oxygens (including phenoxy) is 1. The van der Waals surface area contributed by atoms with Gasteiger partial charge in [0.1, 0.15) is 18.1 Å². The number of alkyl halides is 1. The van der Waals surface area contributed by atoms with Gasteiger partial charge in [-0.3, -0.25) is 9.29 Å². The van der Waals surface area contributed by atoms with Crippen LogP contribution in [-0.2, 0) is 6.42 Å². The Hall–Kier alpha value is -3.11. The average Bonchev–Trinajstić information content (AvgIpc) is 3.69. The molecule has 3 aromatic rings. The summed E-state index contributed by atoms with van der Waals surface area (Å²) >= 11 is 0. The van der Waals surface area contributed by atoms with Gasteiger partial charge in [0.2, 0.25) is 0 Å². The second-order valence-electron chi connectivity index (χ2n) is 11.6. The Labute approximate surface area is 233 Å². The van der Waals surface area contributed by atoms with E-state index in [9.17, 15) is 9.50 Å². The highest BCUT2D eigenvalue weighted by Crippen LogP contribution is 2.42. The maximum Gasteiger partial charge on any atom is 0.119 e. The van der Waals surface area contributed by atoms with Gasteiger partial charge in [-0.1, -0.05) is 36.4 Å². The van der Waals surface area contributed by atoms with Gasteiger partial charge in [0.15, 0.2) is 0 Å². The lowest BCUT2D eigenvalue weighted by molar-refractivity contribution is 0.228. The molecular weight excluding hydrogens is 485 g/mol. The van der Waals surface area contributed by atoms with Crippen molar-refractivity contribution in [2.45, 2.75) is 58.8 Å². The number of aryl methyl sites for hydroxylation is 3. The Kier molecular flexibility index (Phi) is 8.72. The molecule has 1 atom stereocenters.